The van der Waals surface area contributed by atoms with Crippen molar-refractivity contribution in [1.82, 2.24) is 19.7 Å². The fraction of sp³-hybridized carbons (Fsp3) is 0.571. The molecular weight excluding hydrogens is 416 g/mol. The molecule has 0 radical (unpaired) electrons. The number of nitrogens with one attached hydrogen (secondary N) is 1. The quantitative estimate of drug-likeness (QED) is 0.679. The summed E-state index contributed by atoms with van der Waals surface area (Å²) >= 11 is 0. The number of piperidine rings is 2. The molecular formula is C21H30N6O3S. The molecule has 4 rings (SSSR count). The highest BCUT2D eigenvalue weighted by Crippen LogP contribution is 2.25. The minimum Gasteiger partial charge on any atom is -0.378 e. The highest BCUT2D eigenvalue weighted by molar-refractivity contribution is 7.88. The van der Waals surface area contributed by atoms with Crippen molar-refractivity contribution in [3.63, 3.8) is 0 Å². The van der Waals surface area contributed by atoms with E-state index in [2.05, 4.69) is 29.5 Å². The number of pyridine rings is 1. The van der Waals surface area contributed by atoms with Crippen molar-refractivity contribution in [2.75, 3.05) is 48.8 Å². The topological polar surface area (TPSA) is 101 Å². The molecule has 2 saturated heterocycles. The summed E-state index contributed by atoms with van der Waals surface area (Å²) in [5.74, 6) is 1.74. The highest BCUT2D eigenvalue weighted by atomic mass is 32.2. The van der Waals surface area contributed by atoms with Gasteiger partial charge in [-0.05, 0) is 37.5 Å². The van der Waals surface area contributed by atoms with E-state index in [1.165, 1.54) is 6.26 Å². The lowest BCUT2D eigenvalue weighted by Crippen LogP contribution is -2.53. The van der Waals surface area contributed by atoms with E-state index >= 15 is 0 Å². The van der Waals surface area contributed by atoms with Crippen LogP contribution >= 0.6 is 0 Å². The zero-order valence-electron chi connectivity index (χ0n) is 17.8. The molecule has 31 heavy (non-hydrogen) atoms. The number of hydrogen-bond acceptors (Lipinski definition) is 8. The molecule has 9 nitrogen and oxygen atoms in total. The lowest BCUT2D eigenvalue weighted by Gasteiger charge is -2.40. The Kier molecular flexibility index (Phi) is 6.99. The smallest absolute Gasteiger partial charge is 0.225 e. The largest absolute Gasteiger partial charge is 0.378 e. The van der Waals surface area contributed by atoms with Gasteiger partial charge in [0.1, 0.15) is 5.82 Å². The molecule has 0 aromatic carbocycles. The van der Waals surface area contributed by atoms with Crippen LogP contribution in [-0.2, 0) is 14.8 Å². The average Bonchev–Trinajstić information content (AvgIpc) is 2.79. The maximum Gasteiger partial charge on any atom is 0.225 e. The second kappa shape index (κ2) is 9.88. The van der Waals surface area contributed by atoms with Gasteiger partial charge in [-0.1, -0.05) is 6.07 Å². The number of aromatic nitrogens is 3. The van der Waals surface area contributed by atoms with Crippen LogP contribution in [0, 0.1) is 5.92 Å². The minimum atomic E-state index is -3.28. The van der Waals surface area contributed by atoms with Crippen LogP contribution in [0.3, 0.4) is 0 Å². The lowest BCUT2D eigenvalue weighted by atomic mass is 9.93. The third kappa shape index (κ3) is 6.11. The zero-order valence-corrected chi connectivity index (χ0v) is 18.6. The van der Waals surface area contributed by atoms with Crippen LogP contribution in [0.5, 0.6) is 0 Å². The van der Waals surface area contributed by atoms with E-state index in [1.807, 2.05) is 24.3 Å². The fourth-order valence-corrected chi connectivity index (χ4v) is 5.18. The molecule has 0 saturated carbocycles. The van der Waals surface area contributed by atoms with Gasteiger partial charge in [0.15, 0.2) is 0 Å². The van der Waals surface area contributed by atoms with Crippen molar-refractivity contribution in [3.05, 3.63) is 42.9 Å². The third-order valence-electron chi connectivity index (χ3n) is 5.90. The van der Waals surface area contributed by atoms with Gasteiger partial charge in [-0.25, -0.2) is 28.1 Å². The van der Waals surface area contributed by atoms with Gasteiger partial charge in [-0.15, -0.1) is 0 Å². The zero-order chi connectivity index (χ0) is 21.7. The SMILES string of the molecule is CS(=O)(=O)N[C@H]1CCN(c2ccccn2)C[C@H]1COC1CCN(c2ncccn2)CC1. The van der Waals surface area contributed by atoms with E-state index in [0.29, 0.717) is 13.2 Å². The van der Waals surface area contributed by atoms with E-state index in [0.717, 1.165) is 50.7 Å². The molecule has 4 heterocycles. The Morgan fingerprint density at radius 1 is 1.00 bits per heavy atom. The van der Waals surface area contributed by atoms with Gasteiger partial charge in [-0.3, -0.25) is 0 Å². The first kappa shape index (κ1) is 21.9. The number of sulfonamides is 1. The van der Waals surface area contributed by atoms with Crippen LogP contribution in [0.25, 0.3) is 0 Å². The van der Waals surface area contributed by atoms with E-state index in [-0.39, 0.29) is 18.1 Å². The molecule has 2 aromatic heterocycles. The molecule has 2 atom stereocenters. The van der Waals surface area contributed by atoms with Gasteiger partial charge in [-0.2, -0.15) is 0 Å². The van der Waals surface area contributed by atoms with E-state index in [1.54, 1.807) is 18.6 Å². The summed E-state index contributed by atoms with van der Waals surface area (Å²) in [6.45, 7) is 3.69. The van der Waals surface area contributed by atoms with Crippen LogP contribution in [0.15, 0.2) is 42.9 Å². The molecule has 2 aliphatic rings. The second-order valence-corrected chi connectivity index (χ2v) is 10.0. The molecule has 2 aromatic rings. The van der Waals surface area contributed by atoms with Crippen molar-refractivity contribution in [2.24, 2.45) is 5.92 Å². The Morgan fingerprint density at radius 2 is 1.71 bits per heavy atom. The van der Waals surface area contributed by atoms with Gasteiger partial charge >= 0.3 is 0 Å². The van der Waals surface area contributed by atoms with Crippen molar-refractivity contribution in [3.8, 4) is 0 Å². The molecule has 0 aliphatic carbocycles. The normalized spacial score (nSPS) is 23.1. The molecule has 0 unspecified atom stereocenters. The maximum atomic E-state index is 11.9. The van der Waals surface area contributed by atoms with Crippen molar-refractivity contribution >= 4 is 21.8 Å². The fourth-order valence-electron chi connectivity index (χ4n) is 4.32. The van der Waals surface area contributed by atoms with Gasteiger partial charge in [0.05, 0.1) is 19.0 Å². The van der Waals surface area contributed by atoms with Gasteiger partial charge in [0, 0.05) is 56.7 Å². The summed E-state index contributed by atoms with van der Waals surface area (Å²) in [6, 6.07) is 7.55. The first-order chi connectivity index (χ1) is 15.0. The molecule has 10 heteroatoms. The summed E-state index contributed by atoms with van der Waals surface area (Å²) in [5.41, 5.74) is 0. The van der Waals surface area contributed by atoms with E-state index in [4.69, 9.17) is 4.74 Å². The predicted molar refractivity (Wildman–Crippen MR) is 120 cm³/mol. The first-order valence-electron chi connectivity index (χ1n) is 10.7. The van der Waals surface area contributed by atoms with Crippen molar-refractivity contribution < 1.29 is 13.2 Å². The Labute approximate surface area is 183 Å². The highest BCUT2D eigenvalue weighted by Gasteiger charge is 2.33. The van der Waals surface area contributed by atoms with Gasteiger partial charge < -0.3 is 14.5 Å². The minimum absolute atomic E-state index is 0.0565. The number of hydrogen-bond donors (Lipinski definition) is 1. The Balaban J connectivity index is 1.34. The Hall–Kier alpha value is -2.30. The second-order valence-electron chi connectivity index (χ2n) is 8.25. The average molecular weight is 447 g/mol. The molecule has 0 spiro atoms. The van der Waals surface area contributed by atoms with Gasteiger partial charge in [0.2, 0.25) is 16.0 Å². The molecule has 0 bridgehead atoms. The predicted octanol–water partition coefficient (Wildman–Crippen LogP) is 1.30. The summed E-state index contributed by atoms with van der Waals surface area (Å²) in [5, 5.41) is 0. The van der Waals surface area contributed by atoms with Crippen LogP contribution in [0.1, 0.15) is 19.3 Å². The summed E-state index contributed by atoms with van der Waals surface area (Å²) < 4.78 is 32.9. The third-order valence-corrected chi connectivity index (χ3v) is 6.63. The maximum absolute atomic E-state index is 11.9. The number of rotatable bonds is 7. The molecule has 0 amide bonds. The van der Waals surface area contributed by atoms with E-state index in [9.17, 15) is 8.42 Å². The molecule has 2 fully saturated rings. The van der Waals surface area contributed by atoms with Gasteiger partial charge in [0.25, 0.3) is 0 Å². The van der Waals surface area contributed by atoms with Crippen LogP contribution in [0.4, 0.5) is 11.8 Å². The van der Waals surface area contributed by atoms with Crippen LogP contribution < -0.4 is 14.5 Å². The number of anilines is 2. The van der Waals surface area contributed by atoms with Crippen LogP contribution in [-0.4, -0.2) is 74.6 Å². The van der Waals surface area contributed by atoms with E-state index < -0.39 is 10.0 Å². The number of ether oxygens (including phenoxy) is 1. The first-order valence-corrected chi connectivity index (χ1v) is 12.6. The molecule has 1 N–H and O–H groups in total. The Morgan fingerprint density at radius 3 is 2.39 bits per heavy atom. The lowest BCUT2D eigenvalue weighted by molar-refractivity contribution is 0.00744. The Bertz CT molecular complexity index is 923. The summed E-state index contributed by atoms with van der Waals surface area (Å²) in [6.07, 6.45) is 9.21. The number of nitrogens with zero attached hydrogens (tertiary/aromatic N) is 5. The standard InChI is InChI=1S/C21H30N6O3S/c1-31(28,29)25-19-8-14-27(20-5-2-3-9-22-20)15-17(19)16-30-18-6-12-26(13-7-18)21-23-10-4-11-24-21/h2-5,9-11,17-19,25H,6-8,12-16H2,1H3/t17-,19-/m0/s1. The van der Waals surface area contributed by atoms with Crippen LogP contribution in [0.2, 0.25) is 0 Å². The molecule has 168 valence electrons. The monoisotopic (exact) mass is 446 g/mol. The van der Waals surface area contributed by atoms with Crippen molar-refractivity contribution in [2.45, 2.75) is 31.4 Å². The molecule has 2 aliphatic heterocycles. The summed E-state index contributed by atoms with van der Waals surface area (Å²) in [4.78, 5) is 17.5. The summed E-state index contributed by atoms with van der Waals surface area (Å²) in [7, 11) is -3.28. The van der Waals surface area contributed by atoms with Crippen molar-refractivity contribution in [1.29, 1.82) is 0 Å².